The number of hydrogen-bond donors (Lipinski definition) is 3. The van der Waals surface area contributed by atoms with Crippen LogP contribution in [0.25, 0.3) is 0 Å². The van der Waals surface area contributed by atoms with Crippen molar-refractivity contribution in [3.63, 3.8) is 0 Å². The highest BCUT2D eigenvalue weighted by atomic mass is 16.5. The Balaban J connectivity index is 1.39. The van der Waals surface area contributed by atoms with E-state index in [0.717, 1.165) is 57.2 Å². The monoisotopic (exact) mass is 552 g/mol. The summed E-state index contributed by atoms with van der Waals surface area (Å²) in [7, 11) is 0. The molecule has 2 aliphatic heterocycles. The maximum Gasteiger partial charge on any atom is 0.249 e. The molecule has 2 unspecified atom stereocenters. The van der Waals surface area contributed by atoms with Gasteiger partial charge in [0, 0.05) is 19.7 Å². The number of aliphatic imine (C=N–C) groups is 1. The predicted octanol–water partition coefficient (Wildman–Crippen LogP) is 2.12. The minimum Gasteiger partial charge on any atom is -0.378 e. The molecule has 3 aliphatic rings. The van der Waals surface area contributed by atoms with E-state index in [1.165, 1.54) is 0 Å². The summed E-state index contributed by atoms with van der Waals surface area (Å²) in [6.07, 6.45) is 11.6. The van der Waals surface area contributed by atoms with Crippen LogP contribution in [0, 0.1) is 5.92 Å². The average molecular weight is 553 g/mol. The zero-order chi connectivity index (χ0) is 28.5. The summed E-state index contributed by atoms with van der Waals surface area (Å²) in [5.41, 5.74) is 5.72. The highest BCUT2D eigenvalue weighted by Gasteiger charge is 2.36. The van der Waals surface area contributed by atoms with Gasteiger partial charge in [-0.1, -0.05) is 42.5 Å². The van der Waals surface area contributed by atoms with E-state index in [1.54, 1.807) is 20.2 Å². The van der Waals surface area contributed by atoms with E-state index in [1.807, 2.05) is 40.1 Å². The molecule has 4 rings (SSSR count). The number of amides is 3. The highest BCUT2D eigenvalue weighted by molar-refractivity contribution is 5.92. The lowest BCUT2D eigenvalue weighted by atomic mass is 9.95. The molecule has 4 N–H and O–H groups in total. The van der Waals surface area contributed by atoms with Crippen molar-refractivity contribution >= 4 is 24.1 Å². The second-order valence-corrected chi connectivity index (χ2v) is 11.6. The van der Waals surface area contributed by atoms with Crippen LogP contribution in [-0.2, 0) is 19.1 Å². The number of hydrogen-bond acceptors (Lipinski definition) is 7. The van der Waals surface area contributed by atoms with E-state index in [2.05, 4.69) is 27.8 Å². The molecule has 1 aliphatic carbocycles. The van der Waals surface area contributed by atoms with Gasteiger partial charge in [0.2, 0.25) is 17.7 Å². The van der Waals surface area contributed by atoms with Crippen LogP contribution in [0.15, 0.2) is 47.5 Å². The second-order valence-electron chi connectivity index (χ2n) is 11.6. The van der Waals surface area contributed by atoms with Gasteiger partial charge in [0.05, 0.1) is 25.0 Å². The molecule has 1 aromatic rings. The van der Waals surface area contributed by atoms with Gasteiger partial charge >= 0.3 is 0 Å². The summed E-state index contributed by atoms with van der Waals surface area (Å²) in [4.78, 5) is 48.0. The van der Waals surface area contributed by atoms with Crippen LogP contribution in [0.1, 0.15) is 64.0 Å². The largest absolute Gasteiger partial charge is 0.378 e. The molecule has 0 saturated carbocycles. The minimum atomic E-state index is -1.15. The van der Waals surface area contributed by atoms with Crippen molar-refractivity contribution in [3.05, 3.63) is 48.0 Å². The van der Waals surface area contributed by atoms with Crippen LogP contribution in [0.4, 0.5) is 0 Å². The molecule has 1 fully saturated rings. The minimum absolute atomic E-state index is 0.0358. The SMILES string of the molecule is CC(C)(N)C(=O)N[C@H](COC[C@@H]1CC=CCC1)C(=O)NC1CN(C(C(=O)N2CCCCC2)c2ccccc2)C=N1. The lowest BCUT2D eigenvalue weighted by Crippen LogP contribution is -2.58. The zero-order valence-electron chi connectivity index (χ0n) is 23.8. The number of nitrogens with zero attached hydrogens (tertiary/aromatic N) is 3. The van der Waals surface area contributed by atoms with Crippen molar-refractivity contribution in [2.24, 2.45) is 16.6 Å². The molecular weight excluding hydrogens is 508 g/mol. The number of piperidine rings is 1. The number of nitrogens with one attached hydrogen (secondary N) is 2. The highest BCUT2D eigenvalue weighted by Crippen LogP contribution is 2.26. The number of allylic oxidation sites excluding steroid dienone is 2. The Morgan fingerprint density at radius 1 is 1.12 bits per heavy atom. The first-order chi connectivity index (χ1) is 19.2. The number of nitrogens with two attached hydrogens (primary N) is 1. The third-order valence-corrected chi connectivity index (χ3v) is 7.66. The number of rotatable bonds is 11. The molecule has 2 heterocycles. The van der Waals surface area contributed by atoms with Crippen molar-refractivity contribution in [1.82, 2.24) is 20.4 Å². The van der Waals surface area contributed by atoms with Gasteiger partial charge in [-0.25, -0.2) is 4.99 Å². The van der Waals surface area contributed by atoms with Crippen molar-refractivity contribution in [3.8, 4) is 0 Å². The van der Waals surface area contributed by atoms with Gasteiger partial charge in [-0.15, -0.1) is 0 Å². The third kappa shape index (κ3) is 8.14. The fourth-order valence-electron chi connectivity index (χ4n) is 5.27. The molecule has 10 nitrogen and oxygen atoms in total. The van der Waals surface area contributed by atoms with Gasteiger partial charge in [-0.05, 0) is 63.9 Å². The van der Waals surface area contributed by atoms with E-state index < -0.39 is 35.6 Å². The van der Waals surface area contributed by atoms with E-state index in [0.29, 0.717) is 19.1 Å². The molecule has 0 aromatic heterocycles. The third-order valence-electron chi connectivity index (χ3n) is 7.66. The number of likely N-dealkylation sites (tertiary alicyclic amines) is 1. The fourth-order valence-corrected chi connectivity index (χ4v) is 5.27. The Bertz CT molecular complexity index is 1060. The van der Waals surface area contributed by atoms with Gasteiger partial charge in [-0.2, -0.15) is 0 Å². The van der Waals surface area contributed by atoms with Crippen LogP contribution in [-0.4, -0.2) is 84.5 Å². The maximum absolute atomic E-state index is 13.6. The van der Waals surface area contributed by atoms with Crippen LogP contribution < -0.4 is 16.4 Å². The van der Waals surface area contributed by atoms with E-state index in [9.17, 15) is 14.4 Å². The average Bonchev–Trinajstić information content (AvgIpc) is 3.41. The maximum atomic E-state index is 13.6. The molecule has 40 heavy (non-hydrogen) atoms. The molecular formula is C30H44N6O4. The fraction of sp³-hybridized carbons (Fsp3) is 0.600. The molecule has 0 spiro atoms. The van der Waals surface area contributed by atoms with Gasteiger partial charge in [-0.3, -0.25) is 14.4 Å². The molecule has 218 valence electrons. The van der Waals surface area contributed by atoms with Crippen molar-refractivity contribution < 1.29 is 19.1 Å². The Morgan fingerprint density at radius 2 is 1.88 bits per heavy atom. The summed E-state index contributed by atoms with van der Waals surface area (Å²) < 4.78 is 5.90. The van der Waals surface area contributed by atoms with Crippen molar-refractivity contribution in [1.29, 1.82) is 0 Å². The first-order valence-electron chi connectivity index (χ1n) is 14.5. The quantitative estimate of drug-likeness (QED) is 0.361. The normalized spacial score (nSPS) is 22.6. The molecule has 3 amide bonds. The first-order valence-corrected chi connectivity index (χ1v) is 14.5. The first kappa shape index (κ1) is 29.7. The molecule has 0 radical (unpaired) electrons. The summed E-state index contributed by atoms with van der Waals surface area (Å²) in [6, 6.07) is 8.24. The second kappa shape index (κ2) is 13.9. The van der Waals surface area contributed by atoms with Gasteiger partial charge in [0.15, 0.2) is 0 Å². The summed E-state index contributed by atoms with van der Waals surface area (Å²) >= 11 is 0. The lowest BCUT2D eigenvalue weighted by Gasteiger charge is -2.34. The molecule has 0 bridgehead atoms. The number of carbonyl (C=O) groups excluding carboxylic acids is 3. The topological polar surface area (TPSA) is 129 Å². The smallest absolute Gasteiger partial charge is 0.249 e. The lowest BCUT2D eigenvalue weighted by molar-refractivity contribution is -0.136. The van der Waals surface area contributed by atoms with Crippen molar-refractivity contribution in [2.75, 3.05) is 32.8 Å². The molecule has 1 aromatic carbocycles. The van der Waals surface area contributed by atoms with Crippen LogP contribution in [0.3, 0.4) is 0 Å². The zero-order valence-corrected chi connectivity index (χ0v) is 23.8. The van der Waals surface area contributed by atoms with Gasteiger partial charge in [0.25, 0.3) is 0 Å². The van der Waals surface area contributed by atoms with Crippen LogP contribution in [0.5, 0.6) is 0 Å². The van der Waals surface area contributed by atoms with Crippen molar-refractivity contribution in [2.45, 2.75) is 76.2 Å². The number of ether oxygens (including phenoxy) is 1. The Hall–Kier alpha value is -3.24. The van der Waals surface area contributed by atoms with E-state index in [-0.39, 0.29) is 12.5 Å². The summed E-state index contributed by atoms with van der Waals surface area (Å²) in [5.74, 6) is -0.394. The predicted molar refractivity (Wildman–Crippen MR) is 154 cm³/mol. The number of benzene rings is 1. The van der Waals surface area contributed by atoms with E-state index in [4.69, 9.17) is 10.5 Å². The van der Waals surface area contributed by atoms with Crippen LogP contribution >= 0.6 is 0 Å². The molecule has 1 saturated heterocycles. The summed E-state index contributed by atoms with van der Waals surface area (Å²) in [6.45, 7) is 5.58. The Morgan fingerprint density at radius 3 is 2.55 bits per heavy atom. The van der Waals surface area contributed by atoms with Crippen LogP contribution in [0.2, 0.25) is 0 Å². The molecule has 4 atom stereocenters. The van der Waals surface area contributed by atoms with Gasteiger partial charge < -0.3 is 30.9 Å². The Kier molecular flexibility index (Phi) is 10.3. The summed E-state index contributed by atoms with van der Waals surface area (Å²) in [5, 5.41) is 5.68. The molecule has 10 heteroatoms. The Labute approximate surface area is 237 Å². The number of carbonyl (C=O) groups is 3. The van der Waals surface area contributed by atoms with Gasteiger partial charge in [0.1, 0.15) is 18.2 Å². The standard InChI is InChI=1S/C30H44N6O4/c1-30(2,31)29(39)33-24(20-40-19-22-12-6-3-7-13-22)27(37)34-25-18-36(21-32-25)26(23-14-8-4-9-15-23)28(38)35-16-10-5-11-17-35/h3-4,6,8-9,14-15,21-22,24-26H,5,7,10-13,16-20,31H2,1-2H3,(H,33,39)(H,34,37)/t22-,24-,25?,26?/m1/s1. The van der Waals surface area contributed by atoms with E-state index >= 15 is 0 Å².